The van der Waals surface area contributed by atoms with Gasteiger partial charge in [0.05, 0.1) is 9.47 Å². The molecule has 3 rings (SSSR count). The van der Waals surface area contributed by atoms with Crippen LogP contribution in [0.1, 0.15) is 10.4 Å². The number of carbonyl (C=O) groups is 2. The maximum Gasteiger partial charge on any atom is 0.270 e. The van der Waals surface area contributed by atoms with E-state index < -0.39 is 11.8 Å². The molecule has 2 amide bonds. The second kappa shape index (κ2) is 6.76. The zero-order valence-electron chi connectivity index (χ0n) is 12.3. The van der Waals surface area contributed by atoms with Gasteiger partial charge in [-0.2, -0.15) is 0 Å². The minimum Gasteiger partial charge on any atom is -0.298 e. The molecule has 0 spiro atoms. The van der Waals surface area contributed by atoms with Gasteiger partial charge in [0.25, 0.3) is 11.8 Å². The highest BCUT2D eigenvalue weighted by molar-refractivity contribution is 9.11. The Balaban J connectivity index is 2.06. The van der Waals surface area contributed by atoms with Crippen molar-refractivity contribution < 1.29 is 9.59 Å². The lowest BCUT2D eigenvalue weighted by molar-refractivity contribution is -0.122. The molecule has 4 nitrogen and oxygen atoms in total. The van der Waals surface area contributed by atoms with Crippen molar-refractivity contribution >= 4 is 79.8 Å². The number of anilines is 1. The number of nitrogens with zero attached hydrogens (tertiary/aromatic N) is 1. The van der Waals surface area contributed by atoms with E-state index in [4.69, 9.17) is 23.8 Å². The number of hydrogen-bond acceptors (Lipinski definition) is 4. The van der Waals surface area contributed by atoms with Crippen molar-refractivity contribution in [1.82, 2.24) is 5.32 Å². The Bertz CT molecular complexity index is 907. The molecular weight excluding hydrogens is 432 g/mol. The summed E-state index contributed by atoms with van der Waals surface area (Å²) < 4.78 is 0.913. The van der Waals surface area contributed by atoms with Crippen LogP contribution in [0.4, 0.5) is 5.69 Å². The molecule has 2 heterocycles. The van der Waals surface area contributed by atoms with Gasteiger partial charge in [-0.25, -0.2) is 0 Å². The second-order valence-electron chi connectivity index (χ2n) is 4.98. The fraction of sp³-hybridized carbons (Fsp3) is 0.0625. The maximum absolute atomic E-state index is 12.9. The van der Waals surface area contributed by atoms with Crippen molar-refractivity contribution in [2.75, 3.05) is 4.90 Å². The third kappa shape index (κ3) is 3.17. The number of nitrogens with one attached hydrogen (secondary N) is 1. The second-order valence-corrected chi connectivity index (χ2v) is 8.27. The first kappa shape index (κ1) is 17.3. The number of thiophene rings is 1. The van der Waals surface area contributed by atoms with Crippen molar-refractivity contribution in [2.24, 2.45) is 0 Å². The molecule has 1 saturated heterocycles. The molecule has 0 bridgehead atoms. The third-order valence-corrected chi connectivity index (χ3v) is 5.73. The molecule has 8 heteroatoms. The van der Waals surface area contributed by atoms with Crippen LogP contribution < -0.4 is 10.2 Å². The van der Waals surface area contributed by atoms with Crippen LogP contribution in [0.3, 0.4) is 0 Å². The quantitative estimate of drug-likeness (QED) is 0.429. The summed E-state index contributed by atoms with van der Waals surface area (Å²) >= 11 is 16.1. The average molecular weight is 442 g/mol. The van der Waals surface area contributed by atoms with Gasteiger partial charge in [-0.05, 0) is 71.0 Å². The highest BCUT2D eigenvalue weighted by Gasteiger charge is 2.35. The standard InChI is InChI=1S/C16H10BrClN2O2S2/c1-8-11(18)3-2-4-12(8)20-15(22)10(14(21)19-16(20)23)7-9-5-6-13(17)24-9/h2-7H,1H3,(H,19,21,23)/b10-7+. The van der Waals surface area contributed by atoms with Crippen LogP contribution in [0.5, 0.6) is 0 Å². The highest BCUT2D eigenvalue weighted by Crippen LogP contribution is 2.30. The Labute approximate surface area is 161 Å². The molecule has 1 aliphatic heterocycles. The minimum atomic E-state index is -0.509. The number of amides is 2. The predicted octanol–water partition coefficient (Wildman–Crippen LogP) is 4.30. The number of hydrogen-bond donors (Lipinski definition) is 1. The minimum absolute atomic E-state index is 0.0253. The normalized spacial score (nSPS) is 16.7. The van der Waals surface area contributed by atoms with Crippen molar-refractivity contribution in [3.05, 3.63) is 55.2 Å². The van der Waals surface area contributed by atoms with Gasteiger partial charge in [0.1, 0.15) is 5.57 Å². The van der Waals surface area contributed by atoms with Gasteiger partial charge in [-0.1, -0.05) is 17.7 Å². The Kier molecular flexibility index (Phi) is 4.87. The molecule has 1 aromatic heterocycles. The first-order chi connectivity index (χ1) is 11.4. The largest absolute Gasteiger partial charge is 0.298 e. The monoisotopic (exact) mass is 440 g/mol. The third-order valence-electron chi connectivity index (χ3n) is 3.46. The van der Waals surface area contributed by atoms with E-state index in [-0.39, 0.29) is 10.7 Å². The molecule has 0 unspecified atom stereocenters. The molecule has 0 aliphatic carbocycles. The lowest BCUT2D eigenvalue weighted by Crippen LogP contribution is -2.54. The SMILES string of the molecule is Cc1c(Cl)cccc1N1C(=O)/C(=C/c2ccc(Br)s2)C(=O)NC1=S. The molecular formula is C16H10BrClN2O2S2. The van der Waals surface area contributed by atoms with E-state index >= 15 is 0 Å². The van der Waals surface area contributed by atoms with Crippen LogP contribution in [0, 0.1) is 6.92 Å². The van der Waals surface area contributed by atoms with E-state index in [2.05, 4.69) is 21.2 Å². The number of carbonyl (C=O) groups excluding carboxylic acids is 2. The molecule has 122 valence electrons. The van der Waals surface area contributed by atoms with Gasteiger partial charge in [0.15, 0.2) is 5.11 Å². The molecule has 0 radical (unpaired) electrons. The van der Waals surface area contributed by atoms with Crippen LogP contribution in [0.25, 0.3) is 6.08 Å². The molecule has 1 aromatic carbocycles. The first-order valence-electron chi connectivity index (χ1n) is 6.80. The molecule has 0 atom stereocenters. The van der Waals surface area contributed by atoms with E-state index in [1.807, 2.05) is 12.1 Å². The summed E-state index contributed by atoms with van der Waals surface area (Å²) in [5, 5.41) is 3.12. The van der Waals surface area contributed by atoms with Gasteiger partial charge >= 0.3 is 0 Å². The number of benzene rings is 1. The fourth-order valence-electron chi connectivity index (χ4n) is 2.26. The van der Waals surface area contributed by atoms with E-state index in [0.717, 1.165) is 8.66 Å². The van der Waals surface area contributed by atoms with Crippen LogP contribution in [0.2, 0.25) is 5.02 Å². The van der Waals surface area contributed by atoms with E-state index in [1.54, 1.807) is 31.2 Å². The van der Waals surface area contributed by atoms with Crippen LogP contribution in [-0.4, -0.2) is 16.9 Å². The Morgan fingerprint density at radius 1 is 1.29 bits per heavy atom. The average Bonchev–Trinajstić information content (AvgIpc) is 2.93. The summed E-state index contributed by atoms with van der Waals surface area (Å²) in [5.74, 6) is -0.982. The molecule has 1 N–H and O–H groups in total. The molecule has 0 saturated carbocycles. The van der Waals surface area contributed by atoms with Crippen molar-refractivity contribution in [2.45, 2.75) is 6.92 Å². The predicted molar refractivity (Wildman–Crippen MR) is 104 cm³/mol. The lowest BCUT2D eigenvalue weighted by atomic mass is 10.1. The lowest BCUT2D eigenvalue weighted by Gasteiger charge is -2.30. The summed E-state index contributed by atoms with van der Waals surface area (Å²) in [6.45, 7) is 1.80. The zero-order valence-corrected chi connectivity index (χ0v) is 16.3. The Morgan fingerprint density at radius 3 is 2.71 bits per heavy atom. The first-order valence-corrected chi connectivity index (χ1v) is 9.20. The summed E-state index contributed by atoms with van der Waals surface area (Å²) in [6, 6.07) is 8.88. The van der Waals surface area contributed by atoms with Crippen LogP contribution in [0.15, 0.2) is 39.7 Å². The van der Waals surface area contributed by atoms with E-state index in [0.29, 0.717) is 16.3 Å². The Morgan fingerprint density at radius 2 is 2.04 bits per heavy atom. The van der Waals surface area contributed by atoms with E-state index in [1.165, 1.54) is 16.2 Å². The summed E-state index contributed by atoms with van der Waals surface area (Å²) in [5.41, 5.74) is 1.29. The van der Waals surface area contributed by atoms with Gasteiger partial charge in [-0.15, -0.1) is 11.3 Å². The van der Waals surface area contributed by atoms with Crippen molar-refractivity contribution in [3.8, 4) is 0 Å². The van der Waals surface area contributed by atoms with Crippen LogP contribution >= 0.6 is 51.1 Å². The number of thiocarbonyl (C=S) groups is 1. The topological polar surface area (TPSA) is 49.4 Å². The summed E-state index contributed by atoms with van der Waals surface area (Å²) in [4.78, 5) is 27.2. The molecule has 1 aliphatic rings. The molecule has 1 fully saturated rings. The van der Waals surface area contributed by atoms with Crippen molar-refractivity contribution in [1.29, 1.82) is 0 Å². The Hall–Kier alpha value is -1.54. The fourth-order valence-corrected chi connectivity index (χ4v) is 4.07. The highest BCUT2D eigenvalue weighted by atomic mass is 79.9. The smallest absolute Gasteiger partial charge is 0.270 e. The van der Waals surface area contributed by atoms with Crippen LogP contribution in [-0.2, 0) is 9.59 Å². The zero-order chi connectivity index (χ0) is 17.4. The van der Waals surface area contributed by atoms with Gasteiger partial charge in [0.2, 0.25) is 0 Å². The maximum atomic E-state index is 12.9. The van der Waals surface area contributed by atoms with Crippen molar-refractivity contribution in [3.63, 3.8) is 0 Å². The summed E-state index contributed by atoms with van der Waals surface area (Å²) in [7, 11) is 0. The number of halogens is 2. The van der Waals surface area contributed by atoms with Gasteiger partial charge in [-0.3, -0.25) is 19.8 Å². The molecule has 2 aromatic rings. The number of rotatable bonds is 2. The molecule has 24 heavy (non-hydrogen) atoms. The van der Waals surface area contributed by atoms with E-state index in [9.17, 15) is 9.59 Å². The van der Waals surface area contributed by atoms with Gasteiger partial charge in [0, 0.05) is 9.90 Å². The summed E-state index contributed by atoms with van der Waals surface area (Å²) in [6.07, 6.45) is 1.56. The van der Waals surface area contributed by atoms with Gasteiger partial charge < -0.3 is 0 Å².